The normalized spacial score (nSPS) is 11.5. The number of fused-ring (bicyclic) bond motifs is 2. The third-order valence-electron chi connectivity index (χ3n) is 4.28. The summed E-state index contributed by atoms with van der Waals surface area (Å²) in [5, 5.41) is 21.5. The van der Waals surface area contributed by atoms with E-state index in [2.05, 4.69) is 15.2 Å². The lowest BCUT2D eigenvalue weighted by atomic mass is 10.1. The van der Waals surface area contributed by atoms with Gasteiger partial charge in [-0.15, -0.1) is 21.6 Å². The van der Waals surface area contributed by atoms with Crippen LogP contribution in [0.5, 0.6) is 5.75 Å². The van der Waals surface area contributed by atoms with Gasteiger partial charge < -0.3 is 9.84 Å². The van der Waals surface area contributed by atoms with Crippen LogP contribution in [0.25, 0.3) is 20.9 Å². The summed E-state index contributed by atoms with van der Waals surface area (Å²) in [6.45, 7) is 3.89. The lowest BCUT2D eigenvalue weighted by Gasteiger charge is -2.07. The van der Waals surface area contributed by atoms with E-state index < -0.39 is 5.97 Å². The summed E-state index contributed by atoms with van der Waals surface area (Å²) in [6.07, 6.45) is 1.67. The molecule has 2 aromatic heterocycles. The zero-order valence-electron chi connectivity index (χ0n) is 15.3. The van der Waals surface area contributed by atoms with Gasteiger partial charge in [0.05, 0.1) is 16.9 Å². The van der Waals surface area contributed by atoms with Crippen LogP contribution in [0.1, 0.15) is 22.2 Å². The molecule has 0 amide bonds. The smallest absolute Gasteiger partial charge is 0.340 e. The minimum absolute atomic E-state index is 0.0182. The van der Waals surface area contributed by atoms with Gasteiger partial charge in [-0.2, -0.15) is 0 Å². The molecule has 28 heavy (non-hydrogen) atoms. The minimum atomic E-state index is -0.550. The molecule has 2 heterocycles. The molecule has 7 heteroatoms. The molecule has 0 atom stereocenters. The van der Waals surface area contributed by atoms with Gasteiger partial charge in [-0.25, -0.2) is 9.78 Å². The molecule has 0 spiro atoms. The topological polar surface area (TPSA) is 84.1 Å². The first-order valence-corrected chi connectivity index (χ1v) is 9.59. The average Bonchev–Trinajstić information content (AvgIpc) is 3.09. The van der Waals surface area contributed by atoms with Gasteiger partial charge in [0.15, 0.2) is 5.82 Å². The van der Waals surface area contributed by atoms with E-state index in [-0.39, 0.29) is 17.9 Å². The SMILES string of the molecule is CCOC(=O)c1cc(O)c2cc(C)sc2c1/N=N/c1nccc2ccccc12. The van der Waals surface area contributed by atoms with Gasteiger partial charge in [-0.1, -0.05) is 24.3 Å². The largest absolute Gasteiger partial charge is 0.507 e. The molecule has 140 valence electrons. The number of aromatic hydroxyl groups is 1. The van der Waals surface area contributed by atoms with E-state index in [0.29, 0.717) is 21.6 Å². The van der Waals surface area contributed by atoms with Crippen molar-refractivity contribution in [3.63, 3.8) is 0 Å². The molecule has 0 aliphatic heterocycles. The van der Waals surface area contributed by atoms with Crippen molar-refractivity contribution in [2.24, 2.45) is 10.2 Å². The molecule has 4 rings (SSSR count). The second-order valence-electron chi connectivity index (χ2n) is 6.17. The van der Waals surface area contributed by atoms with Crippen molar-refractivity contribution in [2.75, 3.05) is 6.61 Å². The highest BCUT2D eigenvalue weighted by Gasteiger charge is 2.20. The number of aromatic nitrogens is 1. The molecule has 4 aromatic rings. The molecule has 2 aromatic carbocycles. The van der Waals surface area contributed by atoms with Crippen LogP contribution in [0.3, 0.4) is 0 Å². The molecule has 0 fully saturated rings. The Hall–Kier alpha value is -3.32. The molecule has 0 aliphatic rings. The minimum Gasteiger partial charge on any atom is -0.507 e. The van der Waals surface area contributed by atoms with Crippen molar-refractivity contribution in [1.82, 2.24) is 4.98 Å². The summed E-state index contributed by atoms with van der Waals surface area (Å²) < 4.78 is 5.82. The van der Waals surface area contributed by atoms with Crippen LogP contribution in [0.4, 0.5) is 11.5 Å². The van der Waals surface area contributed by atoms with Gasteiger partial charge in [0.25, 0.3) is 0 Å². The molecular weight excluding hydrogens is 374 g/mol. The van der Waals surface area contributed by atoms with Gasteiger partial charge in [0.1, 0.15) is 11.4 Å². The van der Waals surface area contributed by atoms with Crippen molar-refractivity contribution in [3.05, 3.63) is 59.1 Å². The monoisotopic (exact) mass is 391 g/mol. The number of carbonyl (C=O) groups excluding carboxylic acids is 1. The van der Waals surface area contributed by atoms with Gasteiger partial charge in [0, 0.05) is 21.8 Å². The van der Waals surface area contributed by atoms with Crippen LogP contribution in [-0.4, -0.2) is 22.7 Å². The van der Waals surface area contributed by atoms with Crippen LogP contribution in [0, 0.1) is 6.92 Å². The van der Waals surface area contributed by atoms with Crippen LogP contribution in [0.2, 0.25) is 0 Å². The average molecular weight is 391 g/mol. The predicted octanol–water partition coefficient (Wildman–Crippen LogP) is 6.06. The van der Waals surface area contributed by atoms with Crippen molar-refractivity contribution >= 4 is 49.7 Å². The zero-order chi connectivity index (χ0) is 19.7. The van der Waals surface area contributed by atoms with Gasteiger partial charge in [-0.3, -0.25) is 0 Å². The summed E-state index contributed by atoms with van der Waals surface area (Å²) >= 11 is 1.44. The van der Waals surface area contributed by atoms with E-state index in [1.165, 1.54) is 17.4 Å². The van der Waals surface area contributed by atoms with Gasteiger partial charge in [-0.05, 0) is 37.4 Å². The molecule has 0 saturated carbocycles. The Kier molecular flexibility index (Phi) is 4.75. The fraction of sp³-hybridized carbons (Fsp3) is 0.143. The Morgan fingerprint density at radius 1 is 1.18 bits per heavy atom. The zero-order valence-corrected chi connectivity index (χ0v) is 16.2. The predicted molar refractivity (Wildman–Crippen MR) is 110 cm³/mol. The van der Waals surface area contributed by atoms with E-state index in [1.54, 1.807) is 13.1 Å². The quantitative estimate of drug-likeness (QED) is 0.339. The molecule has 0 unspecified atom stereocenters. The summed E-state index contributed by atoms with van der Waals surface area (Å²) in [7, 11) is 0. The van der Waals surface area contributed by atoms with Crippen LogP contribution in [-0.2, 0) is 4.74 Å². The number of aryl methyl sites for hydroxylation is 1. The Morgan fingerprint density at radius 2 is 2.00 bits per heavy atom. The molecule has 6 nitrogen and oxygen atoms in total. The molecule has 0 radical (unpaired) electrons. The number of pyridine rings is 1. The van der Waals surface area contributed by atoms with Crippen LogP contribution in [0.15, 0.2) is 58.9 Å². The highest BCUT2D eigenvalue weighted by Crippen LogP contribution is 2.42. The molecule has 0 saturated heterocycles. The Bertz CT molecular complexity index is 1230. The Labute approximate surface area is 165 Å². The number of hydrogen-bond donors (Lipinski definition) is 1. The summed E-state index contributed by atoms with van der Waals surface area (Å²) in [4.78, 5) is 17.8. The van der Waals surface area contributed by atoms with E-state index in [4.69, 9.17) is 4.74 Å². The fourth-order valence-corrected chi connectivity index (χ4v) is 4.05. The summed E-state index contributed by atoms with van der Waals surface area (Å²) in [5.74, 6) is -0.0716. The van der Waals surface area contributed by atoms with Crippen molar-refractivity contribution in [3.8, 4) is 5.75 Å². The first-order chi connectivity index (χ1) is 13.6. The van der Waals surface area contributed by atoms with Crippen molar-refractivity contribution < 1.29 is 14.6 Å². The number of ether oxygens (including phenoxy) is 1. The highest BCUT2D eigenvalue weighted by molar-refractivity contribution is 7.19. The number of carbonyl (C=O) groups is 1. The number of nitrogens with zero attached hydrogens (tertiary/aromatic N) is 3. The number of phenolic OH excluding ortho intramolecular Hbond substituents is 1. The first kappa shape index (κ1) is 18.1. The van der Waals surface area contributed by atoms with Crippen LogP contribution < -0.4 is 0 Å². The summed E-state index contributed by atoms with van der Waals surface area (Å²) in [6, 6.07) is 12.9. The Balaban J connectivity index is 1.91. The van der Waals surface area contributed by atoms with Crippen LogP contribution >= 0.6 is 11.3 Å². The first-order valence-electron chi connectivity index (χ1n) is 8.77. The standard InChI is InChI=1S/C21H17N3O3S/c1-3-27-21(26)16-11-17(25)15-10-12(2)28-19(15)18(16)23-24-20-14-7-5-4-6-13(14)8-9-22-20/h4-11,25H,3H2,1-2H3/b24-23+. The number of esters is 1. The Morgan fingerprint density at radius 3 is 2.82 bits per heavy atom. The second-order valence-corrected chi connectivity index (χ2v) is 7.42. The third-order valence-corrected chi connectivity index (χ3v) is 5.33. The maximum Gasteiger partial charge on any atom is 0.340 e. The number of rotatable bonds is 4. The summed E-state index contributed by atoms with van der Waals surface area (Å²) in [5.41, 5.74) is 0.553. The van der Waals surface area contributed by atoms with Gasteiger partial charge >= 0.3 is 5.97 Å². The lowest BCUT2D eigenvalue weighted by molar-refractivity contribution is 0.0527. The number of phenols is 1. The van der Waals surface area contributed by atoms with Gasteiger partial charge in [0.2, 0.25) is 0 Å². The fourth-order valence-electron chi connectivity index (χ4n) is 3.03. The molecule has 1 N–H and O–H groups in total. The number of thiophene rings is 1. The second kappa shape index (κ2) is 7.36. The highest BCUT2D eigenvalue weighted by atomic mass is 32.1. The maximum absolute atomic E-state index is 12.4. The molecular formula is C21H17N3O3S. The number of benzene rings is 2. The third kappa shape index (κ3) is 3.20. The lowest BCUT2D eigenvalue weighted by Crippen LogP contribution is -2.04. The van der Waals surface area contributed by atoms with E-state index >= 15 is 0 Å². The van der Waals surface area contributed by atoms with Crippen molar-refractivity contribution in [1.29, 1.82) is 0 Å². The molecule has 0 aliphatic carbocycles. The maximum atomic E-state index is 12.4. The molecule has 0 bridgehead atoms. The van der Waals surface area contributed by atoms with E-state index in [1.807, 2.05) is 43.3 Å². The van der Waals surface area contributed by atoms with Crippen molar-refractivity contribution in [2.45, 2.75) is 13.8 Å². The van der Waals surface area contributed by atoms with E-state index in [9.17, 15) is 9.90 Å². The van der Waals surface area contributed by atoms with E-state index in [0.717, 1.165) is 15.6 Å². The number of azo groups is 1. The number of hydrogen-bond acceptors (Lipinski definition) is 7.